The van der Waals surface area contributed by atoms with Crippen molar-refractivity contribution in [3.63, 3.8) is 0 Å². The molecule has 3 unspecified atom stereocenters. The number of allylic oxidation sites excluding steroid dienone is 4. The highest BCUT2D eigenvalue weighted by atomic mass is 16.3. The first-order valence-corrected chi connectivity index (χ1v) is 9.95. The van der Waals surface area contributed by atoms with Gasteiger partial charge in [0.2, 0.25) is 0 Å². The van der Waals surface area contributed by atoms with Crippen LogP contribution in [0, 0.1) is 17.8 Å². The third kappa shape index (κ3) is 4.38. The van der Waals surface area contributed by atoms with Gasteiger partial charge in [-0.1, -0.05) is 57.1 Å². The smallest absolute Gasteiger partial charge is 0.0583 e. The number of aliphatic hydroxyl groups excluding tert-OH is 1. The molecule has 3 rings (SSSR count). The summed E-state index contributed by atoms with van der Waals surface area (Å²) >= 11 is 0. The average Bonchev–Trinajstić information content (AvgIpc) is 3.01. The van der Waals surface area contributed by atoms with Crippen molar-refractivity contribution >= 4 is 0 Å². The fraction of sp³-hybridized carbons (Fsp3) is 0.727. The lowest BCUT2D eigenvalue weighted by Crippen LogP contribution is -2.21. The van der Waals surface area contributed by atoms with Crippen LogP contribution < -0.4 is 0 Å². The molecule has 0 aromatic heterocycles. The van der Waals surface area contributed by atoms with Gasteiger partial charge in [0, 0.05) is 0 Å². The maximum Gasteiger partial charge on any atom is 0.0583 e. The molecule has 4 atom stereocenters. The van der Waals surface area contributed by atoms with Gasteiger partial charge in [-0.05, 0) is 74.7 Å². The molecular weight excluding hydrogens is 280 g/mol. The van der Waals surface area contributed by atoms with Crippen molar-refractivity contribution < 1.29 is 5.11 Å². The van der Waals surface area contributed by atoms with E-state index in [9.17, 15) is 5.11 Å². The fourth-order valence-corrected chi connectivity index (χ4v) is 4.88. The number of rotatable bonds is 2. The van der Waals surface area contributed by atoms with Crippen molar-refractivity contribution in [3.8, 4) is 0 Å². The Morgan fingerprint density at radius 3 is 2.61 bits per heavy atom. The van der Waals surface area contributed by atoms with Crippen LogP contribution in [-0.2, 0) is 0 Å². The van der Waals surface area contributed by atoms with Crippen LogP contribution >= 0.6 is 0 Å². The molecule has 0 bridgehead atoms. The van der Waals surface area contributed by atoms with Crippen molar-refractivity contribution in [2.75, 3.05) is 0 Å². The van der Waals surface area contributed by atoms with Gasteiger partial charge >= 0.3 is 0 Å². The summed E-state index contributed by atoms with van der Waals surface area (Å²) in [6.45, 7) is 10.5. The molecule has 0 aromatic rings. The van der Waals surface area contributed by atoms with Gasteiger partial charge in [0.25, 0.3) is 0 Å². The van der Waals surface area contributed by atoms with Crippen molar-refractivity contribution in [2.45, 2.75) is 84.7 Å². The first kappa shape index (κ1) is 18.5. The Morgan fingerprint density at radius 2 is 1.87 bits per heavy atom. The molecule has 0 heterocycles. The molecule has 0 spiro atoms. The molecular formula is C22H36O. The zero-order chi connectivity index (χ0) is 16.8. The minimum absolute atomic E-state index is 0.157. The van der Waals surface area contributed by atoms with Crippen LogP contribution in [0.25, 0.3) is 0 Å². The number of hydrogen-bond acceptors (Lipinski definition) is 1. The van der Waals surface area contributed by atoms with Crippen LogP contribution in [0.4, 0.5) is 0 Å². The monoisotopic (exact) mass is 316 g/mol. The Morgan fingerprint density at radius 1 is 1.09 bits per heavy atom. The van der Waals surface area contributed by atoms with Gasteiger partial charge in [-0.15, -0.1) is 0 Å². The Hall–Kier alpha value is -0.820. The molecule has 3 aliphatic carbocycles. The first-order valence-electron chi connectivity index (χ1n) is 9.95. The van der Waals surface area contributed by atoms with Gasteiger partial charge in [-0.25, -0.2) is 0 Å². The lowest BCUT2D eigenvalue weighted by atomic mass is 9.74. The summed E-state index contributed by atoms with van der Waals surface area (Å²) < 4.78 is 0. The average molecular weight is 317 g/mol. The van der Waals surface area contributed by atoms with E-state index in [0.717, 1.165) is 37.0 Å². The lowest BCUT2D eigenvalue weighted by Gasteiger charge is -2.31. The Balaban J connectivity index is 0.000000924. The maximum atomic E-state index is 9.85. The van der Waals surface area contributed by atoms with E-state index in [2.05, 4.69) is 25.7 Å². The summed E-state index contributed by atoms with van der Waals surface area (Å²) in [6, 6.07) is 0. The second-order valence-electron chi connectivity index (χ2n) is 7.34. The van der Waals surface area contributed by atoms with E-state index >= 15 is 0 Å². The van der Waals surface area contributed by atoms with Gasteiger partial charge < -0.3 is 5.11 Å². The normalized spacial score (nSPS) is 37.5. The van der Waals surface area contributed by atoms with Crippen molar-refractivity contribution in [3.05, 3.63) is 35.5 Å². The second kappa shape index (κ2) is 8.87. The minimum Gasteiger partial charge on any atom is -0.393 e. The van der Waals surface area contributed by atoms with Crippen molar-refractivity contribution in [1.82, 2.24) is 0 Å². The molecule has 0 radical (unpaired) electrons. The molecule has 3 saturated carbocycles. The van der Waals surface area contributed by atoms with E-state index in [1.54, 1.807) is 5.57 Å². The van der Waals surface area contributed by atoms with Crippen LogP contribution in [-0.4, -0.2) is 11.2 Å². The topological polar surface area (TPSA) is 20.2 Å². The third-order valence-electron chi connectivity index (χ3n) is 6.16. The molecule has 0 aromatic carbocycles. The third-order valence-corrected chi connectivity index (χ3v) is 6.16. The van der Waals surface area contributed by atoms with Gasteiger partial charge in [0.1, 0.15) is 0 Å². The highest BCUT2D eigenvalue weighted by molar-refractivity contribution is 5.35. The van der Waals surface area contributed by atoms with Crippen LogP contribution in [0.15, 0.2) is 35.5 Å². The molecule has 23 heavy (non-hydrogen) atoms. The molecule has 3 aliphatic rings. The SMILES string of the molecule is C=C1CC[C@H](O)C/C1=C/C=C1\CCCC2C(CC)CCC12.CC. The van der Waals surface area contributed by atoms with Gasteiger partial charge in [-0.3, -0.25) is 0 Å². The summed E-state index contributed by atoms with van der Waals surface area (Å²) in [5, 5.41) is 9.85. The second-order valence-corrected chi connectivity index (χ2v) is 7.34. The standard InChI is InChI=1S/C20H30O.C2H6/c1-3-15-10-12-20-16(5-4-6-19(15)20)8-9-17-13-18(21)11-7-14(17)2;1-2/h8-9,15,18-21H,2-7,10-13H2,1H3;1-2H3/b16-8+,17-9-;/t15?,18-,19?,20?;/m0./s1. The van der Waals surface area contributed by atoms with Crippen LogP contribution in [0.2, 0.25) is 0 Å². The first-order chi connectivity index (χ1) is 11.2. The Labute approximate surface area is 143 Å². The summed E-state index contributed by atoms with van der Waals surface area (Å²) in [5.41, 5.74) is 4.21. The molecule has 1 N–H and O–H groups in total. The fourth-order valence-electron chi connectivity index (χ4n) is 4.88. The van der Waals surface area contributed by atoms with Crippen LogP contribution in [0.3, 0.4) is 0 Å². The molecule has 0 aliphatic heterocycles. The van der Waals surface area contributed by atoms with E-state index in [1.165, 1.54) is 49.7 Å². The maximum absolute atomic E-state index is 9.85. The highest BCUT2D eigenvalue weighted by Gasteiger charge is 2.38. The zero-order valence-electron chi connectivity index (χ0n) is 15.5. The molecule has 3 fully saturated rings. The summed E-state index contributed by atoms with van der Waals surface area (Å²) in [4.78, 5) is 0. The largest absolute Gasteiger partial charge is 0.393 e. The summed E-state index contributed by atoms with van der Waals surface area (Å²) in [6.07, 6.45) is 15.5. The van der Waals surface area contributed by atoms with E-state index < -0.39 is 0 Å². The predicted molar refractivity (Wildman–Crippen MR) is 100 cm³/mol. The van der Waals surface area contributed by atoms with Gasteiger partial charge in [0.15, 0.2) is 0 Å². The number of hydrogen-bond donors (Lipinski definition) is 1. The summed E-state index contributed by atoms with van der Waals surface area (Å²) in [5.74, 6) is 2.77. The van der Waals surface area contributed by atoms with Gasteiger partial charge in [0.05, 0.1) is 6.10 Å². The zero-order valence-corrected chi connectivity index (χ0v) is 15.5. The molecule has 1 heteroatoms. The van der Waals surface area contributed by atoms with E-state index in [1.807, 2.05) is 13.8 Å². The molecule has 0 amide bonds. The van der Waals surface area contributed by atoms with E-state index in [0.29, 0.717) is 0 Å². The van der Waals surface area contributed by atoms with E-state index in [-0.39, 0.29) is 6.10 Å². The summed E-state index contributed by atoms with van der Waals surface area (Å²) in [7, 11) is 0. The Kier molecular flexibility index (Phi) is 7.14. The lowest BCUT2D eigenvalue weighted by molar-refractivity contribution is 0.158. The molecule has 130 valence electrons. The Bertz CT molecular complexity index is 457. The molecule has 0 saturated heterocycles. The highest BCUT2D eigenvalue weighted by Crippen LogP contribution is 2.49. The van der Waals surface area contributed by atoms with Gasteiger partial charge in [-0.2, -0.15) is 0 Å². The quantitative estimate of drug-likeness (QED) is 0.642. The number of aliphatic hydroxyl groups is 1. The minimum atomic E-state index is -0.157. The van der Waals surface area contributed by atoms with Crippen molar-refractivity contribution in [1.29, 1.82) is 0 Å². The van der Waals surface area contributed by atoms with E-state index in [4.69, 9.17) is 0 Å². The van der Waals surface area contributed by atoms with Crippen LogP contribution in [0.5, 0.6) is 0 Å². The molecule has 1 nitrogen and oxygen atoms in total. The van der Waals surface area contributed by atoms with Crippen molar-refractivity contribution in [2.24, 2.45) is 17.8 Å². The predicted octanol–water partition coefficient (Wildman–Crippen LogP) is 6.20. The number of fused-ring (bicyclic) bond motifs is 1. The van der Waals surface area contributed by atoms with Crippen LogP contribution in [0.1, 0.15) is 78.6 Å².